The molecule has 1 saturated heterocycles. The number of fused-ring (bicyclic) bond motifs is 1. The van der Waals surface area contributed by atoms with Crippen LogP contribution in [0.2, 0.25) is 0 Å². The van der Waals surface area contributed by atoms with E-state index in [-0.39, 0.29) is 17.9 Å². The van der Waals surface area contributed by atoms with Gasteiger partial charge in [-0.25, -0.2) is 0 Å². The Morgan fingerprint density at radius 3 is 2.65 bits per heavy atom. The van der Waals surface area contributed by atoms with Crippen molar-refractivity contribution >= 4 is 17.5 Å². The van der Waals surface area contributed by atoms with E-state index in [1.807, 2.05) is 18.2 Å². The fourth-order valence-electron chi connectivity index (χ4n) is 3.93. The molecule has 2 aliphatic heterocycles. The van der Waals surface area contributed by atoms with Crippen molar-refractivity contribution in [3.05, 3.63) is 64.7 Å². The molecule has 5 heteroatoms. The van der Waals surface area contributed by atoms with Crippen LogP contribution in [0.1, 0.15) is 52.4 Å². The molecule has 0 aliphatic carbocycles. The number of nitrogens with zero attached hydrogens (tertiary/aromatic N) is 1. The lowest BCUT2D eigenvalue weighted by atomic mass is 9.98. The summed E-state index contributed by atoms with van der Waals surface area (Å²) in [6, 6.07) is 14.4. The van der Waals surface area contributed by atoms with Gasteiger partial charge in [-0.15, -0.1) is 0 Å². The number of nitrogens with two attached hydrogens (primary N) is 1. The average molecular weight is 349 g/mol. The number of amides is 2. The van der Waals surface area contributed by atoms with Crippen LogP contribution in [0.5, 0.6) is 0 Å². The third-order valence-electron chi connectivity index (χ3n) is 5.33. The number of rotatable bonds is 4. The zero-order valence-electron chi connectivity index (χ0n) is 14.7. The van der Waals surface area contributed by atoms with Gasteiger partial charge in [0.2, 0.25) is 11.8 Å². The highest BCUT2D eigenvalue weighted by Crippen LogP contribution is 2.30. The minimum atomic E-state index is -0.375. The van der Waals surface area contributed by atoms with Gasteiger partial charge in [0.1, 0.15) is 0 Å². The molecule has 0 bridgehead atoms. The third-order valence-corrected chi connectivity index (χ3v) is 5.33. The van der Waals surface area contributed by atoms with Gasteiger partial charge in [0, 0.05) is 30.8 Å². The lowest BCUT2D eigenvalue weighted by Gasteiger charge is -2.31. The second-order valence-corrected chi connectivity index (χ2v) is 7.13. The standard InChI is InChI=1S/C21H23N3O2/c22-21(26)17-7-9-19-16(12-17)2-1-11-24(19)13-14-3-5-15(6-4-14)18-8-10-20(25)23-18/h3-7,9,12,18H,1-2,8,10-11,13H2,(H2,22,26)(H,23,25). The van der Waals surface area contributed by atoms with Crippen molar-refractivity contribution in [3.63, 3.8) is 0 Å². The molecule has 1 atom stereocenters. The average Bonchev–Trinajstić information content (AvgIpc) is 3.08. The molecule has 0 saturated carbocycles. The van der Waals surface area contributed by atoms with Gasteiger partial charge < -0.3 is 16.0 Å². The first-order chi connectivity index (χ1) is 12.6. The van der Waals surface area contributed by atoms with Crippen LogP contribution in [-0.2, 0) is 17.8 Å². The van der Waals surface area contributed by atoms with E-state index in [2.05, 4.69) is 34.5 Å². The van der Waals surface area contributed by atoms with Gasteiger partial charge >= 0.3 is 0 Å². The second kappa shape index (κ2) is 6.83. The van der Waals surface area contributed by atoms with Gasteiger partial charge in [0.25, 0.3) is 0 Å². The summed E-state index contributed by atoms with van der Waals surface area (Å²) in [5, 5.41) is 3.01. The van der Waals surface area contributed by atoms with Gasteiger partial charge in [-0.05, 0) is 54.2 Å². The van der Waals surface area contributed by atoms with E-state index in [4.69, 9.17) is 5.73 Å². The first-order valence-electron chi connectivity index (χ1n) is 9.16. The van der Waals surface area contributed by atoms with E-state index in [0.717, 1.165) is 32.4 Å². The van der Waals surface area contributed by atoms with E-state index < -0.39 is 0 Å². The Hall–Kier alpha value is -2.82. The third kappa shape index (κ3) is 3.29. The summed E-state index contributed by atoms with van der Waals surface area (Å²) >= 11 is 0. The topological polar surface area (TPSA) is 75.4 Å². The molecule has 2 amide bonds. The maximum atomic E-state index is 11.4. The van der Waals surface area contributed by atoms with Gasteiger partial charge in [-0.1, -0.05) is 24.3 Å². The molecule has 0 spiro atoms. The van der Waals surface area contributed by atoms with Crippen molar-refractivity contribution in [2.45, 2.75) is 38.3 Å². The summed E-state index contributed by atoms with van der Waals surface area (Å²) in [6.07, 6.45) is 3.54. The fourth-order valence-corrected chi connectivity index (χ4v) is 3.93. The van der Waals surface area contributed by atoms with E-state index in [0.29, 0.717) is 12.0 Å². The van der Waals surface area contributed by atoms with Crippen LogP contribution in [0.15, 0.2) is 42.5 Å². The minimum absolute atomic E-state index is 0.138. The van der Waals surface area contributed by atoms with Gasteiger partial charge in [-0.3, -0.25) is 9.59 Å². The molecule has 0 aromatic heterocycles. The smallest absolute Gasteiger partial charge is 0.248 e. The highest BCUT2D eigenvalue weighted by Gasteiger charge is 2.22. The van der Waals surface area contributed by atoms with Gasteiger partial charge in [-0.2, -0.15) is 0 Å². The zero-order chi connectivity index (χ0) is 18.1. The Bertz CT molecular complexity index is 845. The van der Waals surface area contributed by atoms with Gasteiger partial charge in [0.05, 0.1) is 6.04 Å². The number of carbonyl (C=O) groups excluding carboxylic acids is 2. The number of hydrogen-bond donors (Lipinski definition) is 2. The van der Waals surface area contributed by atoms with E-state index >= 15 is 0 Å². The van der Waals surface area contributed by atoms with Crippen molar-refractivity contribution in [3.8, 4) is 0 Å². The predicted octanol–water partition coefficient (Wildman–Crippen LogP) is 2.69. The summed E-state index contributed by atoms with van der Waals surface area (Å²) in [4.78, 5) is 25.2. The number of aryl methyl sites for hydroxylation is 1. The Kier molecular flexibility index (Phi) is 4.37. The largest absolute Gasteiger partial charge is 0.367 e. The first kappa shape index (κ1) is 16.6. The van der Waals surface area contributed by atoms with Crippen LogP contribution in [-0.4, -0.2) is 18.4 Å². The van der Waals surface area contributed by atoms with E-state index in [1.165, 1.54) is 22.4 Å². The molecule has 2 aromatic carbocycles. The molecular weight excluding hydrogens is 326 g/mol. The summed E-state index contributed by atoms with van der Waals surface area (Å²) < 4.78 is 0. The van der Waals surface area contributed by atoms with Crippen LogP contribution < -0.4 is 16.0 Å². The number of primary amides is 1. The molecule has 134 valence electrons. The number of benzene rings is 2. The molecule has 4 rings (SSSR count). The zero-order valence-corrected chi connectivity index (χ0v) is 14.7. The SMILES string of the molecule is NC(=O)c1ccc2c(c1)CCCN2Cc1ccc(C2CCC(=O)N2)cc1. The maximum absolute atomic E-state index is 11.4. The van der Waals surface area contributed by atoms with Crippen molar-refractivity contribution in [1.82, 2.24) is 5.32 Å². The van der Waals surface area contributed by atoms with Gasteiger partial charge in [0.15, 0.2) is 0 Å². The lowest BCUT2D eigenvalue weighted by Crippen LogP contribution is -2.29. The predicted molar refractivity (Wildman–Crippen MR) is 101 cm³/mol. The number of carbonyl (C=O) groups is 2. The van der Waals surface area contributed by atoms with Crippen molar-refractivity contribution in [1.29, 1.82) is 0 Å². The summed E-state index contributed by atoms with van der Waals surface area (Å²) in [5.41, 5.74) is 10.8. The number of nitrogens with one attached hydrogen (secondary N) is 1. The fraction of sp³-hybridized carbons (Fsp3) is 0.333. The first-order valence-corrected chi connectivity index (χ1v) is 9.16. The molecule has 2 aromatic rings. The summed E-state index contributed by atoms with van der Waals surface area (Å²) in [6.45, 7) is 1.84. The Balaban J connectivity index is 1.50. The molecular formula is C21H23N3O2. The van der Waals surface area contributed by atoms with Crippen LogP contribution in [0.25, 0.3) is 0 Å². The molecule has 3 N–H and O–H groups in total. The second-order valence-electron chi connectivity index (χ2n) is 7.13. The number of hydrogen-bond acceptors (Lipinski definition) is 3. The van der Waals surface area contributed by atoms with Crippen LogP contribution in [0.4, 0.5) is 5.69 Å². The van der Waals surface area contributed by atoms with E-state index in [9.17, 15) is 9.59 Å². The van der Waals surface area contributed by atoms with Crippen molar-refractivity contribution in [2.24, 2.45) is 5.73 Å². The quantitative estimate of drug-likeness (QED) is 0.891. The van der Waals surface area contributed by atoms with Crippen LogP contribution in [0, 0.1) is 0 Å². The molecule has 0 radical (unpaired) electrons. The molecule has 2 heterocycles. The van der Waals surface area contributed by atoms with Crippen molar-refractivity contribution in [2.75, 3.05) is 11.4 Å². The molecule has 5 nitrogen and oxygen atoms in total. The summed E-state index contributed by atoms with van der Waals surface area (Å²) in [7, 11) is 0. The van der Waals surface area contributed by atoms with Crippen molar-refractivity contribution < 1.29 is 9.59 Å². The highest BCUT2D eigenvalue weighted by molar-refractivity contribution is 5.93. The minimum Gasteiger partial charge on any atom is -0.367 e. The number of anilines is 1. The highest BCUT2D eigenvalue weighted by atomic mass is 16.2. The van der Waals surface area contributed by atoms with E-state index in [1.54, 1.807) is 0 Å². The Labute approximate surface area is 153 Å². The molecule has 1 unspecified atom stereocenters. The Morgan fingerprint density at radius 2 is 1.96 bits per heavy atom. The monoisotopic (exact) mass is 349 g/mol. The molecule has 26 heavy (non-hydrogen) atoms. The lowest BCUT2D eigenvalue weighted by molar-refractivity contribution is -0.119. The summed E-state index contributed by atoms with van der Waals surface area (Å²) in [5.74, 6) is -0.237. The molecule has 2 aliphatic rings. The maximum Gasteiger partial charge on any atom is 0.248 e. The van der Waals surface area contributed by atoms with Crippen LogP contribution in [0.3, 0.4) is 0 Å². The normalized spacial score (nSPS) is 19.2. The Morgan fingerprint density at radius 1 is 1.15 bits per heavy atom. The molecule has 1 fully saturated rings. The van der Waals surface area contributed by atoms with Crippen LogP contribution >= 0.6 is 0 Å².